The highest BCUT2D eigenvalue weighted by atomic mass is 32.2. The van der Waals surface area contributed by atoms with Gasteiger partial charge in [0.1, 0.15) is 0 Å². The molecule has 0 N–H and O–H groups in total. The molecule has 2 aromatic rings. The van der Waals surface area contributed by atoms with Crippen LogP contribution in [0.3, 0.4) is 0 Å². The van der Waals surface area contributed by atoms with Crippen molar-refractivity contribution in [1.29, 1.82) is 0 Å². The Morgan fingerprint density at radius 2 is 1.03 bits per heavy atom. The lowest BCUT2D eigenvalue weighted by Crippen LogP contribution is -2.25. The predicted molar refractivity (Wildman–Crippen MR) is 144 cm³/mol. The second-order valence-corrected chi connectivity index (χ2v) is 10.3. The van der Waals surface area contributed by atoms with E-state index in [-0.39, 0.29) is 16.0 Å². The number of hydrogen-bond acceptors (Lipinski definition) is 7. The number of ketones is 1. The molecule has 0 amide bonds. The van der Waals surface area contributed by atoms with E-state index in [0.717, 1.165) is 61.9 Å². The van der Waals surface area contributed by atoms with Gasteiger partial charge in [-0.3, -0.25) is 14.4 Å². The van der Waals surface area contributed by atoms with E-state index in [1.54, 1.807) is 24.3 Å². The molecule has 0 aliphatic heterocycles. The van der Waals surface area contributed by atoms with Crippen LogP contribution in [0.15, 0.2) is 36.4 Å². The van der Waals surface area contributed by atoms with Crippen molar-refractivity contribution in [2.24, 2.45) is 0 Å². The normalized spacial score (nSPS) is 12.4. The van der Waals surface area contributed by atoms with Gasteiger partial charge in [0, 0.05) is 46.8 Å². The number of thioether (sulfide) groups is 2. The molecular formula is C27H34N2O3S2. The van der Waals surface area contributed by atoms with Gasteiger partial charge in [0.2, 0.25) is 10.2 Å². The summed E-state index contributed by atoms with van der Waals surface area (Å²) in [5, 5.41) is -0.0293. The lowest BCUT2D eigenvalue weighted by molar-refractivity contribution is 0.104. The molecule has 0 fully saturated rings. The Balaban J connectivity index is 1.68. The van der Waals surface area contributed by atoms with Crippen LogP contribution in [0.4, 0.5) is 0 Å². The Bertz CT molecular complexity index is 965. The molecule has 0 saturated heterocycles. The van der Waals surface area contributed by atoms with Crippen molar-refractivity contribution in [2.75, 3.05) is 50.8 Å². The average Bonchev–Trinajstić information content (AvgIpc) is 3.15. The summed E-state index contributed by atoms with van der Waals surface area (Å²) in [5.41, 5.74) is 3.85. The third-order valence-electron chi connectivity index (χ3n) is 6.36. The molecule has 2 aromatic carbocycles. The fraction of sp³-hybridized carbons (Fsp3) is 0.444. The topological polar surface area (TPSA) is 57.7 Å². The monoisotopic (exact) mass is 498 g/mol. The van der Waals surface area contributed by atoms with E-state index < -0.39 is 0 Å². The molecule has 7 heteroatoms. The summed E-state index contributed by atoms with van der Waals surface area (Å²) in [5.74, 6) is 1.34. The van der Waals surface area contributed by atoms with E-state index in [9.17, 15) is 14.4 Å². The highest BCUT2D eigenvalue weighted by molar-refractivity contribution is 8.14. The summed E-state index contributed by atoms with van der Waals surface area (Å²) >= 11 is 2.59. The second-order valence-electron chi connectivity index (χ2n) is 8.18. The van der Waals surface area contributed by atoms with E-state index in [2.05, 4.69) is 37.5 Å². The van der Waals surface area contributed by atoms with Gasteiger partial charge in [-0.2, -0.15) is 0 Å². The van der Waals surface area contributed by atoms with Gasteiger partial charge in [-0.15, -0.1) is 0 Å². The smallest absolute Gasteiger partial charge is 0.219 e. The molecule has 0 unspecified atom stereocenters. The Morgan fingerprint density at radius 3 is 1.38 bits per heavy atom. The molecule has 182 valence electrons. The number of fused-ring (bicyclic) bond motifs is 3. The quantitative estimate of drug-likeness (QED) is 0.335. The van der Waals surface area contributed by atoms with E-state index in [4.69, 9.17) is 0 Å². The van der Waals surface area contributed by atoms with Gasteiger partial charge >= 0.3 is 0 Å². The van der Waals surface area contributed by atoms with Gasteiger partial charge in [-0.05, 0) is 61.6 Å². The number of hydrogen-bond donors (Lipinski definition) is 0. The van der Waals surface area contributed by atoms with Gasteiger partial charge in [-0.25, -0.2) is 0 Å². The maximum atomic E-state index is 13.2. The fourth-order valence-corrected chi connectivity index (χ4v) is 5.77. The lowest BCUT2D eigenvalue weighted by Gasteiger charge is -2.16. The molecule has 34 heavy (non-hydrogen) atoms. The van der Waals surface area contributed by atoms with Gasteiger partial charge in [0.25, 0.3) is 0 Å². The van der Waals surface area contributed by atoms with Crippen molar-refractivity contribution in [3.05, 3.63) is 58.7 Å². The molecule has 3 rings (SSSR count). The maximum Gasteiger partial charge on any atom is 0.219 e. The summed E-state index contributed by atoms with van der Waals surface area (Å²) in [4.78, 5) is 43.1. The first kappa shape index (κ1) is 26.7. The molecule has 0 bridgehead atoms. The molecule has 0 saturated carbocycles. The van der Waals surface area contributed by atoms with Gasteiger partial charge < -0.3 is 9.80 Å². The minimum Gasteiger partial charge on any atom is -0.303 e. The molecule has 5 nitrogen and oxygen atoms in total. The molecule has 0 spiro atoms. The SMILES string of the molecule is CCN(CC)CCSC(=O)c1ccc2c(c1)C(=O)c1cc(C(=O)SCCN(CC)CC)ccc1-2. The first-order valence-electron chi connectivity index (χ1n) is 12.0. The Kier molecular flexibility index (Phi) is 9.95. The Hall–Kier alpha value is -1.93. The number of carbonyl (C=O) groups excluding carboxylic acids is 3. The van der Waals surface area contributed by atoms with Crippen LogP contribution in [0.25, 0.3) is 11.1 Å². The van der Waals surface area contributed by atoms with Crippen molar-refractivity contribution < 1.29 is 14.4 Å². The maximum absolute atomic E-state index is 13.2. The molecule has 0 radical (unpaired) electrons. The van der Waals surface area contributed by atoms with Crippen LogP contribution < -0.4 is 0 Å². The number of benzene rings is 2. The van der Waals surface area contributed by atoms with Crippen LogP contribution in [0, 0.1) is 0 Å². The predicted octanol–water partition coefficient (Wildman–Crippen LogP) is 5.33. The zero-order chi connectivity index (χ0) is 24.7. The van der Waals surface area contributed by atoms with Crippen LogP contribution in [-0.4, -0.2) is 76.6 Å². The van der Waals surface area contributed by atoms with E-state index >= 15 is 0 Å². The standard InChI is InChI=1S/C27H34N2O3S2/c1-5-28(6-2)13-15-33-26(31)19-9-11-21-22-12-10-20(18-24(22)25(30)23(21)17-19)27(32)34-16-14-29(7-3)8-4/h9-12,17-18H,5-8,13-16H2,1-4H3. The van der Waals surface area contributed by atoms with Crippen LogP contribution in [0.2, 0.25) is 0 Å². The number of carbonyl (C=O) groups is 3. The summed E-state index contributed by atoms with van der Waals surface area (Å²) in [6.07, 6.45) is 0. The van der Waals surface area contributed by atoms with Gasteiger partial charge in [0.05, 0.1) is 0 Å². The molecular weight excluding hydrogens is 464 g/mol. The van der Waals surface area contributed by atoms with Crippen molar-refractivity contribution in [1.82, 2.24) is 9.80 Å². The number of nitrogens with zero attached hydrogens (tertiary/aromatic N) is 2. The minimum absolute atomic E-state index is 0.0146. The summed E-state index contributed by atoms with van der Waals surface area (Å²) < 4.78 is 0. The molecule has 0 heterocycles. The minimum atomic E-state index is -0.115. The average molecular weight is 499 g/mol. The van der Waals surface area contributed by atoms with Crippen molar-refractivity contribution in [3.8, 4) is 11.1 Å². The zero-order valence-corrected chi connectivity index (χ0v) is 22.2. The second kappa shape index (κ2) is 12.7. The summed E-state index contributed by atoms with van der Waals surface area (Å²) in [7, 11) is 0. The van der Waals surface area contributed by atoms with Crippen molar-refractivity contribution in [3.63, 3.8) is 0 Å². The first-order valence-corrected chi connectivity index (χ1v) is 14.0. The zero-order valence-electron chi connectivity index (χ0n) is 20.6. The third kappa shape index (κ3) is 6.19. The lowest BCUT2D eigenvalue weighted by atomic mass is 10.0. The summed E-state index contributed by atoms with van der Waals surface area (Å²) in [6.45, 7) is 14.1. The van der Waals surface area contributed by atoms with E-state index in [1.807, 2.05) is 12.1 Å². The largest absolute Gasteiger partial charge is 0.303 e. The van der Waals surface area contributed by atoms with Crippen LogP contribution in [0.1, 0.15) is 64.3 Å². The fourth-order valence-electron chi connectivity index (χ4n) is 4.11. The highest BCUT2D eigenvalue weighted by Crippen LogP contribution is 2.38. The van der Waals surface area contributed by atoms with Gasteiger partial charge in [-0.1, -0.05) is 63.4 Å². The summed E-state index contributed by atoms with van der Waals surface area (Å²) in [6, 6.07) is 10.7. The molecule has 1 aliphatic rings. The van der Waals surface area contributed by atoms with E-state index in [0.29, 0.717) is 22.3 Å². The van der Waals surface area contributed by atoms with Crippen molar-refractivity contribution in [2.45, 2.75) is 27.7 Å². The molecule has 0 aromatic heterocycles. The molecule has 1 aliphatic carbocycles. The molecule has 0 atom stereocenters. The highest BCUT2D eigenvalue weighted by Gasteiger charge is 2.28. The number of rotatable bonds is 12. The van der Waals surface area contributed by atoms with Crippen LogP contribution in [-0.2, 0) is 0 Å². The van der Waals surface area contributed by atoms with E-state index in [1.165, 1.54) is 23.5 Å². The van der Waals surface area contributed by atoms with Crippen LogP contribution >= 0.6 is 23.5 Å². The van der Waals surface area contributed by atoms with Gasteiger partial charge in [0.15, 0.2) is 5.78 Å². The third-order valence-corrected chi connectivity index (χ3v) is 8.13. The van der Waals surface area contributed by atoms with Crippen molar-refractivity contribution >= 4 is 39.5 Å². The first-order chi connectivity index (χ1) is 16.4. The Labute approximate surface area is 211 Å². The van der Waals surface area contributed by atoms with Crippen LogP contribution in [0.5, 0.6) is 0 Å². The Morgan fingerprint density at radius 1 is 0.647 bits per heavy atom.